The Bertz CT molecular complexity index is 797. The third kappa shape index (κ3) is 4.58. The second-order valence-electron chi connectivity index (χ2n) is 6.08. The highest BCUT2D eigenvalue weighted by atomic mass is 35.5. The Kier molecular flexibility index (Phi) is 6.95. The molecule has 1 aliphatic rings. The lowest BCUT2D eigenvalue weighted by Crippen LogP contribution is -2.32. The fourth-order valence-electron chi connectivity index (χ4n) is 2.89. The number of halogens is 3. The predicted molar refractivity (Wildman–Crippen MR) is 113 cm³/mol. The number of hydrogen-bond donors (Lipinski definition) is 0. The van der Waals surface area contributed by atoms with Gasteiger partial charge in [0, 0.05) is 23.8 Å². The van der Waals surface area contributed by atoms with Crippen LogP contribution in [0.15, 0.2) is 53.5 Å². The molecule has 0 aliphatic carbocycles. The van der Waals surface area contributed by atoms with Crippen LogP contribution in [0.1, 0.15) is 25.0 Å². The molecular formula is C20H21Cl3N2. The second-order valence-corrected chi connectivity index (χ2v) is 6.89. The van der Waals surface area contributed by atoms with Crippen LogP contribution >= 0.6 is 35.6 Å². The predicted octanol–water partition coefficient (Wildman–Crippen LogP) is 6.15. The van der Waals surface area contributed by atoms with Crippen LogP contribution in [-0.4, -0.2) is 24.8 Å². The summed E-state index contributed by atoms with van der Waals surface area (Å²) in [6, 6.07) is 14.5. The van der Waals surface area contributed by atoms with Gasteiger partial charge in [0.25, 0.3) is 0 Å². The molecule has 0 N–H and O–H groups in total. The van der Waals surface area contributed by atoms with Crippen molar-refractivity contribution in [2.24, 2.45) is 4.99 Å². The summed E-state index contributed by atoms with van der Waals surface area (Å²) in [5.41, 5.74) is 4.41. The minimum Gasteiger partial charge on any atom is -0.367 e. The van der Waals surface area contributed by atoms with Crippen molar-refractivity contribution in [2.75, 3.05) is 18.0 Å². The molecule has 2 aromatic carbocycles. The summed E-state index contributed by atoms with van der Waals surface area (Å²) in [5, 5.41) is 1.13. The van der Waals surface area contributed by atoms with Crippen LogP contribution in [0.5, 0.6) is 0 Å². The largest absolute Gasteiger partial charge is 0.367 e. The van der Waals surface area contributed by atoms with E-state index in [2.05, 4.69) is 49.1 Å². The van der Waals surface area contributed by atoms with Crippen molar-refractivity contribution in [3.05, 3.63) is 69.7 Å². The Balaban J connectivity index is 0.00000225. The summed E-state index contributed by atoms with van der Waals surface area (Å²) in [6.45, 7) is 6.15. The lowest BCUT2D eigenvalue weighted by Gasteiger charge is -2.28. The number of aliphatic imine (C=N–C) groups is 1. The van der Waals surface area contributed by atoms with E-state index in [1.54, 1.807) is 0 Å². The Labute approximate surface area is 165 Å². The van der Waals surface area contributed by atoms with Crippen LogP contribution in [0.2, 0.25) is 10.0 Å². The van der Waals surface area contributed by atoms with Crippen molar-refractivity contribution in [2.45, 2.75) is 19.9 Å². The Morgan fingerprint density at radius 1 is 1.04 bits per heavy atom. The van der Waals surface area contributed by atoms with Crippen molar-refractivity contribution in [1.29, 1.82) is 0 Å². The standard InChI is InChI=1S/C20H20Cl2N2.ClH/c1-14(2)24-12-11-23-19(16-5-3-4-6-20(16)24)10-8-15-7-9-17(21)18(22)13-15;/h3-10,13-14H,11-12H2,1-2H3;1H/b10-8+;. The SMILES string of the molecule is CC(C)N1CCN=C(/C=C/c2ccc(Cl)c(Cl)c2)c2ccccc21.Cl. The highest BCUT2D eigenvalue weighted by Crippen LogP contribution is 2.27. The summed E-state index contributed by atoms with van der Waals surface area (Å²) < 4.78 is 0. The molecule has 0 unspecified atom stereocenters. The molecule has 3 rings (SSSR count). The molecule has 2 nitrogen and oxygen atoms in total. The first-order chi connectivity index (χ1) is 11.6. The van der Waals surface area contributed by atoms with Gasteiger partial charge in [-0.25, -0.2) is 0 Å². The van der Waals surface area contributed by atoms with E-state index in [9.17, 15) is 0 Å². The quantitative estimate of drug-likeness (QED) is 0.609. The number of benzene rings is 2. The number of allylic oxidation sites excluding steroid dienone is 1. The maximum Gasteiger partial charge on any atom is 0.0668 e. The first-order valence-corrected chi connectivity index (χ1v) is 8.85. The van der Waals surface area contributed by atoms with Crippen LogP contribution in [0, 0.1) is 0 Å². The topological polar surface area (TPSA) is 15.6 Å². The van der Waals surface area contributed by atoms with Crippen LogP contribution < -0.4 is 4.90 Å². The molecule has 0 bridgehead atoms. The van der Waals surface area contributed by atoms with Gasteiger partial charge in [0.15, 0.2) is 0 Å². The van der Waals surface area contributed by atoms with E-state index in [1.807, 2.05) is 24.3 Å². The van der Waals surface area contributed by atoms with Gasteiger partial charge in [0.1, 0.15) is 0 Å². The molecule has 0 spiro atoms. The van der Waals surface area contributed by atoms with Gasteiger partial charge >= 0.3 is 0 Å². The van der Waals surface area contributed by atoms with E-state index in [0.717, 1.165) is 24.4 Å². The van der Waals surface area contributed by atoms with Gasteiger partial charge in [-0.15, -0.1) is 12.4 Å². The molecule has 2 aromatic rings. The summed E-state index contributed by atoms with van der Waals surface area (Å²) in [7, 11) is 0. The van der Waals surface area contributed by atoms with Crippen LogP contribution in [-0.2, 0) is 0 Å². The molecular weight excluding hydrogens is 375 g/mol. The van der Waals surface area contributed by atoms with E-state index in [0.29, 0.717) is 16.1 Å². The van der Waals surface area contributed by atoms with Gasteiger partial charge in [-0.1, -0.05) is 53.5 Å². The highest BCUT2D eigenvalue weighted by molar-refractivity contribution is 6.42. The normalized spacial score (nSPS) is 14.1. The minimum absolute atomic E-state index is 0. The average molecular weight is 396 g/mol. The minimum atomic E-state index is 0. The van der Waals surface area contributed by atoms with Gasteiger partial charge in [-0.05, 0) is 43.7 Å². The van der Waals surface area contributed by atoms with Crippen molar-refractivity contribution in [3.63, 3.8) is 0 Å². The zero-order valence-electron chi connectivity index (χ0n) is 14.2. The van der Waals surface area contributed by atoms with Gasteiger partial charge in [-0.3, -0.25) is 4.99 Å². The highest BCUT2D eigenvalue weighted by Gasteiger charge is 2.18. The Morgan fingerprint density at radius 3 is 2.52 bits per heavy atom. The molecule has 0 radical (unpaired) electrons. The molecule has 1 heterocycles. The van der Waals surface area contributed by atoms with Crippen LogP contribution in [0.4, 0.5) is 5.69 Å². The van der Waals surface area contributed by atoms with Gasteiger partial charge in [-0.2, -0.15) is 0 Å². The van der Waals surface area contributed by atoms with E-state index in [4.69, 9.17) is 28.2 Å². The van der Waals surface area contributed by atoms with Crippen LogP contribution in [0.3, 0.4) is 0 Å². The number of hydrogen-bond acceptors (Lipinski definition) is 2. The maximum atomic E-state index is 6.09. The summed E-state index contributed by atoms with van der Waals surface area (Å²) >= 11 is 12.1. The fourth-order valence-corrected chi connectivity index (χ4v) is 3.20. The zero-order chi connectivity index (χ0) is 17.1. The summed E-state index contributed by atoms with van der Waals surface area (Å²) in [6.07, 6.45) is 4.09. The van der Waals surface area contributed by atoms with Gasteiger partial charge in [0.05, 0.1) is 22.3 Å². The lowest BCUT2D eigenvalue weighted by atomic mass is 10.0. The average Bonchev–Trinajstić information content (AvgIpc) is 2.75. The third-order valence-electron chi connectivity index (χ3n) is 4.11. The fraction of sp³-hybridized carbons (Fsp3) is 0.250. The third-order valence-corrected chi connectivity index (χ3v) is 4.85. The molecule has 0 saturated carbocycles. The molecule has 0 aromatic heterocycles. The molecule has 132 valence electrons. The second kappa shape index (κ2) is 8.75. The van der Waals surface area contributed by atoms with E-state index < -0.39 is 0 Å². The number of para-hydroxylation sites is 1. The molecule has 25 heavy (non-hydrogen) atoms. The van der Waals surface area contributed by atoms with Crippen molar-refractivity contribution < 1.29 is 0 Å². The molecule has 0 atom stereocenters. The van der Waals surface area contributed by atoms with Crippen molar-refractivity contribution >= 4 is 53.1 Å². The van der Waals surface area contributed by atoms with E-state index in [1.165, 1.54) is 11.3 Å². The summed E-state index contributed by atoms with van der Waals surface area (Å²) in [4.78, 5) is 7.18. The van der Waals surface area contributed by atoms with Gasteiger partial charge in [0.2, 0.25) is 0 Å². The van der Waals surface area contributed by atoms with E-state index in [-0.39, 0.29) is 12.4 Å². The van der Waals surface area contributed by atoms with Crippen LogP contribution in [0.25, 0.3) is 6.08 Å². The molecule has 1 aliphatic heterocycles. The maximum absolute atomic E-state index is 6.09. The molecule has 0 saturated heterocycles. The number of anilines is 1. The Morgan fingerprint density at radius 2 is 1.80 bits per heavy atom. The molecule has 0 amide bonds. The number of fused-ring (bicyclic) bond motifs is 1. The monoisotopic (exact) mass is 394 g/mol. The first kappa shape index (κ1) is 19.8. The smallest absolute Gasteiger partial charge is 0.0668 e. The lowest BCUT2D eigenvalue weighted by molar-refractivity contribution is 0.688. The van der Waals surface area contributed by atoms with Gasteiger partial charge < -0.3 is 4.90 Å². The van der Waals surface area contributed by atoms with Crippen molar-refractivity contribution in [1.82, 2.24) is 0 Å². The first-order valence-electron chi connectivity index (χ1n) is 8.10. The number of benzodiazepines with no additional fused rings is 1. The molecule has 5 heteroatoms. The number of nitrogens with zero attached hydrogens (tertiary/aromatic N) is 2. The van der Waals surface area contributed by atoms with Crippen molar-refractivity contribution in [3.8, 4) is 0 Å². The number of rotatable bonds is 3. The Hall–Kier alpha value is -1.48. The molecule has 0 fully saturated rings. The zero-order valence-corrected chi connectivity index (χ0v) is 16.6. The summed E-state index contributed by atoms with van der Waals surface area (Å²) in [5.74, 6) is 0. The van der Waals surface area contributed by atoms with E-state index >= 15 is 0 Å².